The van der Waals surface area contributed by atoms with Gasteiger partial charge >= 0.3 is 0 Å². The first-order chi connectivity index (χ1) is 5.90. The van der Waals surface area contributed by atoms with Crippen LogP contribution in [-0.4, -0.2) is 15.9 Å². The molecule has 0 aliphatic carbocycles. The van der Waals surface area contributed by atoms with Crippen LogP contribution >= 0.6 is 0 Å². The molecule has 0 aliphatic heterocycles. The number of nitrogens with two attached hydrogens (primary N) is 1. The highest BCUT2D eigenvalue weighted by atomic mass is 16.1. The van der Waals surface area contributed by atoms with Gasteiger partial charge in [-0.15, -0.1) is 0 Å². The first-order valence-corrected chi connectivity index (χ1v) is 4.33. The minimum Gasteiger partial charge on any atom is -0.330 e. The minimum atomic E-state index is -0.144. The lowest BCUT2D eigenvalue weighted by Crippen LogP contribution is -2.31. The highest BCUT2D eigenvalue weighted by molar-refractivity contribution is 5.14. The van der Waals surface area contributed by atoms with Crippen LogP contribution in [0.5, 0.6) is 0 Å². The molecule has 0 aromatic carbocycles. The summed E-state index contributed by atoms with van der Waals surface area (Å²) in [5.41, 5.74) is 6.49. The van der Waals surface area contributed by atoms with E-state index in [1.807, 2.05) is 25.6 Å². The van der Waals surface area contributed by atoms with Crippen LogP contribution in [0, 0.1) is 0 Å². The van der Waals surface area contributed by atoms with Gasteiger partial charge in [0.05, 0.1) is 0 Å². The van der Waals surface area contributed by atoms with Gasteiger partial charge in [-0.05, 0) is 0 Å². The normalized spacial score (nSPS) is 12.1. The number of hydrogen-bond acceptors (Lipinski definition) is 2. The highest BCUT2D eigenvalue weighted by Crippen LogP contribution is 2.19. The predicted octanol–water partition coefficient (Wildman–Crippen LogP) is -0.0399. The van der Waals surface area contributed by atoms with Crippen LogP contribution in [0.2, 0.25) is 0 Å². The van der Waals surface area contributed by atoms with Gasteiger partial charge in [-0.2, -0.15) is 0 Å². The minimum absolute atomic E-state index is 0.0130. The third-order valence-corrected chi connectivity index (χ3v) is 2.58. The monoisotopic (exact) mass is 183 g/mol. The Hall–Kier alpha value is -1.03. The summed E-state index contributed by atoms with van der Waals surface area (Å²) in [7, 11) is 3.62. The van der Waals surface area contributed by atoms with Crippen molar-refractivity contribution in [3.63, 3.8) is 0 Å². The van der Waals surface area contributed by atoms with Crippen molar-refractivity contribution in [2.75, 3.05) is 6.54 Å². The number of rotatable bonds is 2. The third-order valence-electron chi connectivity index (χ3n) is 2.58. The maximum atomic E-state index is 11.3. The summed E-state index contributed by atoms with van der Waals surface area (Å²) in [6, 6.07) is 1.65. The third kappa shape index (κ3) is 1.54. The Morgan fingerprint density at radius 1 is 1.38 bits per heavy atom. The molecule has 2 N–H and O–H groups in total. The van der Waals surface area contributed by atoms with Crippen LogP contribution in [0.25, 0.3) is 0 Å². The summed E-state index contributed by atoms with van der Waals surface area (Å²) in [5, 5.41) is 0. The molecular formula is C9H17N3O. The second-order valence-electron chi connectivity index (χ2n) is 4.00. The molecule has 0 bridgehead atoms. The van der Waals surface area contributed by atoms with Crippen molar-refractivity contribution < 1.29 is 0 Å². The second-order valence-corrected chi connectivity index (χ2v) is 4.00. The average molecular weight is 183 g/mol. The molecule has 1 rings (SSSR count). The number of nitrogens with zero attached hydrogens (tertiary/aromatic N) is 2. The van der Waals surface area contributed by atoms with Gasteiger partial charge in [0, 0.05) is 37.8 Å². The molecule has 0 atom stereocenters. The van der Waals surface area contributed by atoms with Crippen molar-refractivity contribution in [2.24, 2.45) is 19.8 Å². The maximum absolute atomic E-state index is 11.3. The molecule has 4 heteroatoms. The predicted molar refractivity (Wildman–Crippen MR) is 52.7 cm³/mol. The highest BCUT2D eigenvalue weighted by Gasteiger charge is 2.23. The molecule has 13 heavy (non-hydrogen) atoms. The van der Waals surface area contributed by atoms with Crippen LogP contribution in [0.1, 0.15) is 19.5 Å². The number of aromatic nitrogens is 2. The molecule has 4 nitrogen and oxygen atoms in total. The van der Waals surface area contributed by atoms with E-state index < -0.39 is 0 Å². The van der Waals surface area contributed by atoms with Crippen molar-refractivity contribution in [3.8, 4) is 0 Å². The molecule has 1 aromatic rings. The fourth-order valence-corrected chi connectivity index (χ4v) is 1.35. The van der Waals surface area contributed by atoms with E-state index in [0.717, 1.165) is 5.69 Å². The van der Waals surface area contributed by atoms with Crippen LogP contribution in [0.3, 0.4) is 0 Å². The first-order valence-electron chi connectivity index (χ1n) is 4.33. The zero-order valence-corrected chi connectivity index (χ0v) is 8.66. The van der Waals surface area contributed by atoms with Gasteiger partial charge in [-0.3, -0.25) is 14.2 Å². The van der Waals surface area contributed by atoms with Gasteiger partial charge in [-0.25, -0.2) is 0 Å². The van der Waals surface area contributed by atoms with Gasteiger partial charge in [0.1, 0.15) is 0 Å². The van der Waals surface area contributed by atoms with Crippen molar-refractivity contribution in [1.82, 2.24) is 9.36 Å². The molecule has 0 unspecified atom stereocenters. The van der Waals surface area contributed by atoms with Crippen molar-refractivity contribution in [3.05, 3.63) is 22.1 Å². The van der Waals surface area contributed by atoms with Crippen LogP contribution in [0.4, 0.5) is 0 Å². The van der Waals surface area contributed by atoms with Gasteiger partial charge in [0.2, 0.25) is 0 Å². The molecule has 74 valence electrons. The summed E-state index contributed by atoms with van der Waals surface area (Å²) in [6.45, 7) is 4.59. The zero-order chi connectivity index (χ0) is 10.2. The zero-order valence-electron chi connectivity index (χ0n) is 8.66. The van der Waals surface area contributed by atoms with E-state index in [1.165, 1.54) is 0 Å². The molecule has 0 amide bonds. The molecule has 0 fully saturated rings. The molecule has 0 saturated heterocycles. The summed E-state index contributed by atoms with van der Waals surface area (Å²) >= 11 is 0. The van der Waals surface area contributed by atoms with Gasteiger partial charge in [0.25, 0.3) is 5.56 Å². The summed E-state index contributed by atoms with van der Waals surface area (Å²) in [6.07, 6.45) is 0. The Kier molecular flexibility index (Phi) is 2.34. The van der Waals surface area contributed by atoms with Crippen LogP contribution in [-0.2, 0) is 19.5 Å². The van der Waals surface area contributed by atoms with Crippen LogP contribution in [0.15, 0.2) is 10.9 Å². The van der Waals surface area contributed by atoms with E-state index in [4.69, 9.17) is 5.73 Å². The van der Waals surface area contributed by atoms with E-state index in [1.54, 1.807) is 17.8 Å². The lowest BCUT2D eigenvalue weighted by atomic mass is 9.89. The fraction of sp³-hybridized carbons (Fsp3) is 0.667. The molecule has 0 aliphatic rings. The van der Waals surface area contributed by atoms with Crippen molar-refractivity contribution >= 4 is 0 Å². The Morgan fingerprint density at radius 2 is 1.92 bits per heavy atom. The second kappa shape index (κ2) is 3.03. The van der Waals surface area contributed by atoms with Gasteiger partial charge < -0.3 is 5.73 Å². The molecule has 0 spiro atoms. The van der Waals surface area contributed by atoms with E-state index >= 15 is 0 Å². The average Bonchev–Trinajstić information content (AvgIpc) is 2.33. The van der Waals surface area contributed by atoms with Gasteiger partial charge in [0.15, 0.2) is 0 Å². The summed E-state index contributed by atoms with van der Waals surface area (Å²) in [4.78, 5) is 11.3. The molecule has 0 radical (unpaired) electrons. The maximum Gasteiger partial charge on any atom is 0.266 e. The first kappa shape index (κ1) is 10.1. The molecule has 1 heterocycles. The van der Waals surface area contributed by atoms with E-state index in [9.17, 15) is 4.79 Å². The van der Waals surface area contributed by atoms with Crippen molar-refractivity contribution in [1.29, 1.82) is 0 Å². The van der Waals surface area contributed by atoms with Gasteiger partial charge in [-0.1, -0.05) is 13.8 Å². The van der Waals surface area contributed by atoms with Crippen molar-refractivity contribution in [2.45, 2.75) is 19.3 Å². The standard InChI is InChI=1S/C9H17N3O/c1-9(2,6-10)7-5-8(13)12(4)11(7)3/h5H,6,10H2,1-4H3. The molecular weight excluding hydrogens is 166 g/mol. The largest absolute Gasteiger partial charge is 0.330 e. The Bertz CT molecular complexity index is 359. The topological polar surface area (TPSA) is 52.9 Å². The Labute approximate surface area is 77.9 Å². The Morgan fingerprint density at radius 3 is 2.23 bits per heavy atom. The van der Waals surface area contributed by atoms with E-state index in [-0.39, 0.29) is 11.0 Å². The van der Waals surface area contributed by atoms with E-state index in [2.05, 4.69) is 0 Å². The SMILES string of the molecule is Cn1c(C(C)(C)CN)cc(=O)n1C. The summed E-state index contributed by atoms with van der Waals surface area (Å²) < 4.78 is 3.42. The molecule has 0 saturated carbocycles. The fourth-order valence-electron chi connectivity index (χ4n) is 1.35. The number of hydrogen-bond donors (Lipinski definition) is 1. The smallest absolute Gasteiger partial charge is 0.266 e. The molecule has 1 aromatic heterocycles. The lowest BCUT2D eigenvalue weighted by Gasteiger charge is -2.23. The summed E-state index contributed by atoms with van der Waals surface area (Å²) in [5.74, 6) is 0. The Balaban J connectivity index is 3.32. The van der Waals surface area contributed by atoms with Crippen LogP contribution < -0.4 is 11.3 Å². The van der Waals surface area contributed by atoms with E-state index in [0.29, 0.717) is 6.54 Å². The lowest BCUT2D eigenvalue weighted by molar-refractivity contribution is 0.456. The quantitative estimate of drug-likeness (QED) is 0.699.